The molecule has 1 unspecified atom stereocenters. The molecule has 2 aromatic rings. The normalized spacial score (nSPS) is 17.8. The Bertz CT molecular complexity index is 983. The lowest BCUT2D eigenvalue weighted by Crippen LogP contribution is -2.49. The van der Waals surface area contributed by atoms with Crippen molar-refractivity contribution < 1.29 is 18.8 Å². The smallest absolute Gasteiger partial charge is 0.407 e. The maximum absolute atomic E-state index is 11.7. The first kappa shape index (κ1) is 20.7. The van der Waals surface area contributed by atoms with Crippen LogP contribution >= 0.6 is 11.6 Å². The number of nitrogens with one attached hydrogen (secondary N) is 1. The molecule has 0 bridgehead atoms. The molecule has 4 rings (SSSR count). The lowest BCUT2D eigenvalue weighted by atomic mass is 10.0. The van der Waals surface area contributed by atoms with E-state index in [1.807, 2.05) is 0 Å². The van der Waals surface area contributed by atoms with Gasteiger partial charge < -0.3 is 25.0 Å². The van der Waals surface area contributed by atoms with E-state index in [-0.39, 0.29) is 6.04 Å². The van der Waals surface area contributed by atoms with Gasteiger partial charge in [-0.25, -0.2) is 14.8 Å². The Morgan fingerprint density at radius 3 is 2.73 bits per heavy atom. The molecule has 1 saturated heterocycles. The number of piperidine rings is 1. The van der Waals surface area contributed by atoms with Gasteiger partial charge in [-0.05, 0) is 31.0 Å². The van der Waals surface area contributed by atoms with Crippen LogP contribution in [0.2, 0.25) is 5.02 Å². The Hall–Kier alpha value is -2.59. The van der Waals surface area contributed by atoms with Crippen LogP contribution in [0.5, 0.6) is 5.75 Å². The molecule has 1 atom stereocenters. The predicted molar refractivity (Wildman–Crippen MR) is 115 cm³/mol. The fraction of sp³-hybridized carbons (Fsp3) is 0.421. The molecule has 1 aromatic carbocycles. The second-order valence-corrected chi connectivity index (χ2v) is 8.93. The summed E-state index contributed by atoms with van der Waals surface area (Å²) >= 11 is 6.35. The number of hydrogen-bond donors (Lipinski definition) is 2. The van der Waals surface area contributed by atoms with Gasteiger partial charge >= 0.3 is 6.09 Å². The zero-order valence-corrected chi connectivity index (χ0v) is 17.9. The molecule has 2 aliphatic rings. The summed E-state index contributed by atoms with van der Waals surface area (Å²) in [7, 11) is -1.12. The number of anilines is 3. The summed E-state index contributed by atoms with van der Waals surface area (Å²) in [6.45, 7) is 2.17. The van der Waals surface area contributed by atoms with Crippen molar-refractivity contribution in [1.29, 1.82) is 0 Å². The van der Waals surface area contributed by atoms with E-state index < -0.39 is 16.9 Å². The third kappa shape index (κ3) is 4.15. The van der Waals surface area contributed by atoms with Crippen molar-refractivity contribution in [2.75, 3.05) is 42.7 Å². The topological polar surface area (TPSA) is 108 Å². The number of ether oxygens (including phenoxy) is 1. The highest BCUT2D eigenvalue weighted by atomic mass is 35.5. The highest BCUT2D eigenvalue weighted by Crippen LogP contribution is 2.39. The summed E-state index contributed by atoms with van der Waals surface area (Å²) in [5.74, 6) is 1.73. The number of halogens is 1. The Labute approximate surface area is 181 Å². The molecule has 1 aromatic heterocycles. The molecule has 2 N–H and O–H groups in total. The number of nitrogens with zero attached hydrogens (tertiary/aromatic N) is 4. The van der Waals surface area contributed by atoms with Crippen LogP contribution in [-0.4, -0.2) is 68.8 Å². The standard InChI is InChI=1S/C19H22ClN5O4S/c1-30(28)13-2-3-15(14(20)10-13)23-17-16-18(22-11-21-17)25(8-9-29-16)12-4-6-24(7-5-12)19(26)27/h2-3,10-12H,4-9H2,1H3,(H,26,27)(H,21,22,23). The first-order chi connectivity index (χ1) is 14.4. The van der Waals surface area contributed by atoms with E-state index in [1.54, 1.807) is 24.5 Å². The van der Waals surface area contributed by atoms with Gasteiger partial charge in [0.05, 0.1) is 17.3 Å². The van der Waals surface area contributed by atoms with E-state index in [4.69, 9.17) is 16.3 Å². The molecular weight excluding hydrogens is 430 g/mol. The van der Waals surface area contributed by atoms with Crippen LogP contribution in [0.1, 0.15) is 12.8 Å². The summed E-state index contributed by atoms with van der Waals surface area (Å²) in [5, 5.41) is 12.8. The largest absolute Gasteiger partial charge is 0.485 e. The Morgan fingerprint density at radius 1 is 1.30 bits per heavy atom. The summed E-state index contributed by atoms with van der Waals surface area (Å²) in [4.78, 5) is 24.2. The average Bonchev–Trinajstić information content (AvgIpc) is 2.75. The van der Waals surface area contributed by atoms with E-state index in [0.29, 0.717) is 59.2 Å². The van der Waals surface area contributed by atoms with Crippen molar-refractivity contribution in [2.24, 2.45) is 0 Å². The van der Waals surface area contributed by atoms with E-state index >= 15 is 0 Å². The Morgan fingerprint density at radius 2 is 2.07 bits per heavy atom. The van der Waals surface area contributed by atoms with Gasteiger partial charge in [0, 0.05) is 41.1 Å². The van der Waals surface area contributed by atoms with Gasteiger partial charge in [-0.2, -0.15) is 0 Å². The Balaban J connectivity index is 1.56. The molecule has 0 saturated carbocycles. The number of hydrogen-bond acceptors (Lipinski definition) is 7. The number of carboxylic acid groups (broad SMARTS) is 1. The van der Waals surface area contributed by atoms with Crippen LogP contribution in [-0.2, 0) is 10.8 Å². The lowest BCUT2D eigenvalue weighted by molar-refractivity contribution is 0.130. The van der Waals surface area contributed by atoms with Crippen LogP contribution in [0, 0.1) is 0 Å². The second kappa shape index (κ2) is 8.65. The molecule has 30 heavy (non-hydrogen) atoms. The van der Waals surface area contributed by atoms with Crippen molar-refractivity contribution in [3.05, 3.63) is 29.5 Å². The molecule has 1 fully saturated rings. The molecular formula is C19H22ClN5O4S. The fourth-order valence-corrected chi connectivity index (χ4v) is 4.61. The molecule has 0 spiro atoms. The number of amides is 1. The first-order valence-electron chi connectivity index (χ1n) is 9.56. The average molecular weight is 452 g/mol. The highest BCUT2D eigenvalue weighted by molar-refractivity contribution is 7.84. The van der Waals surface area contributed by atoms with E-state index in [2.05, 4.69) is 20.2 Å². The van der Waals surface area contributed by atoms with Gasteiger partial charge in [0.15, 0.2) is 11.6 Å². The van der Waals surface area contributed by atoms with Crippen molar-refractivity contribution >= 4 is 45.8 Å². The van der Waals surface area contributed by atoms with E-state index in [0.717, 1.165) is 12.8 Å². The van der Waals surface area contributed by atoms with Gasteiger partial charge in [-0.15, -0.1) is 0 Å². The number of benzene rings is 1. The zero-order valence-electron chi connectivity index (χ0n) is 16.4. The number of aromatic nitrogens is 2. The maximum Gasteiger partial charge on any atom is 0.407 e. The van der Waals surface area contributed by atoms with Crippen molar-refractivity contribution in [2.45, 2.75) is 23.8 Å². The molecule has 1 amide bonds. The van der Waals surface area contributed by atoms with Gasteiger partial charge in [-0.1, -0.05) is 11.6 Å². The van der Waals surface area contributed by atoms with Crippen LogP contribution in [0.25, 0.3) is 0 Å². The van der Waals surface area contributed by atoms with E-state index in [9.17, 15) is 14.1 Å². The first-order valence-corrected chi connectivity index (χ1v) is 11.5. The summed E-state index contributed by atoms with van der Waals surface area (Å²) in [5.41, 5.74) is 0.627. The lowest BCUT2D eigenvalue weighted by Gasteiger charge is -2.40. The van der Waals surface area contributed by atoms with Crippen LogP contribution in [0.4, 0.5) is 22.1 Å². The molecule has 11 heteroatoms. The van der Waals surface area contributed by atoms with Crippen LogP contribution in [0.15, 0.2) is 29.4 Å². The molecule has 2 aliphatic heterocycles. The van der Waals surface area contributed by atoms with Crippen LogP contribution < -0.4 is 15.0 Å². The third-order valence-corrected chi connectivity index (χ3v) is 6.57. The summed E-state index contributed by atoms with van der Waals surface area (Å²) in [6.07, 6.45) is 3.67. The Kier molecular flexibility index (Phi) is 5.96. The minimum absolute atomic E-state index is 0.188. The number of rotatable bonds is 4. The highest BCUT2D eigenvalue weighted by Gasteiger charge is 2.32. The van der Waals surface area contributed by atoms with Gasteiger partial charge in [-0.3, -0.25) is 4.21 Å². The van der Waals surface area contributed by atoms with Gasteiger partial charge in [0.2, 0.25) is 5.75 Å². The summed E-state index contributed by atoms with van der Waals surface area (Å²) < 4.78 is 17.5. The minimum Gasteiger partial charge on any atom is -0.485 e. The van der Waals surface area contributed by atoms with Gasteiger partial charge in [0.1, 0.15) is 12.9 Å². The molecule has 160 valence electrons. The zero-order chi connectivity index (χ0) is 21.3. The minimum atomic E-state index is -1.12. The van der Waals surface area contributed by atoms with Crippen molar-refractivity contribution in [3.63, 3.8) is 0 Å². The second-order valence-electron chi connectivity index (χ2n) is 7.14. The van der Waals surface area contributed by atoms with E-state index in [1.165, 1.54) is 11.2 Å². The van der Waals surface area contributed by atoms with Crippen LogP contribution in [0.3, 0.4) is 0 Å². The van der Waals surface area contributed by atoms with Crippen molar-refractivity contribution in [3.8, 4) is 5.75 Å². The maximum atomic E-state index is 11.7. The SMILES string of the molecule is CS(=O)c1ccc(Nc2ncnc3c2OCCN3C2CCN(C(=O)O)CC2)c(Cl)c1. The predicted octanol–water partition coefficient (Wildman–Crippen LogP) is 2.95. The summed E-state index contributed by atoms with van der Waals surface area (Å²) in [6, 6.07) is 5.36. The molecule has 9 nitrogen and oxygen atoms in total. The number of fused-ring (bicyclic) bond motifs is 1. The monoisotopic (exact) mass is 451 g/mol. The van der Waals surface area contributed by atoms with Gasteiger partial charge in [0.25, 0.3) is 0 Å². The molecule has 0 radical (unpaired) electrons. The third-order valence-electron chi connectivity index (χ3n) is 5.34. The quantitative estimate of drug-likeness (QED) is 0.730. The fourth-order valence-electron chi connectivity index (χ4n) is 3.77. The molecule has 3 heterocycles. The number of carbonyl (C=O) groups is 1. The van der Waals surface area contributed by atoms with Crippen molar-refractivity contribution in [1.82, 2.24) is 14.9 Å². The number of likely N-dealkylation sites (tertiary alicyclic amines) is 1. The molecule has 0 aliphatic carbocycles.